The van der Waals surface area contributed by atoms with Crippen molar-refractivity contribution in [3.8, 4) is 5.75 Å². The standard InChI is InChI=1S/C14H11Br2NO2/c1-19-13-5-3-2-4-10(13)14(18)17-9-6-7-11(15)12(16)8-9/h2-8H,1H3,(H,17,18). The Bertz CT molecular complexity index is 614. The van der Waals surface area contributed by atoms with Gasteiger partial charge in [-0.15, -0.1) is 0 Å². The minimum Gasteiger partial charge on any atom is -0.496 e. The summed E-state index contributed by atoms with van der Waals surface area (Å²) >= 11 is 6.78. The first kappa shape index (κ1) is 14.1. The maximum absolute atomic E-state index is 12.2. The number of halogens is 2. The van der Waals surface area contributed by atoms with Gasteiger partial charge in [-0.3, -0.25) is 4.79 Å². The minimum absolute atomic E-state index is 0.202. The van der Waals surface area contributed by atoms with Gasteiger partial charge in [0.1, 0.15) is 5.75 Å². The third kappa shape index (κ3) is 3.36. The van der Waals surface area contributed by atoms with E-state index in [1.807, 2.05) is 24.3 Å². The second-order valence-corrected chi connectivity index (χ2v) is 5.49. The van der Waals surface area contributed by atoms with Gasteiger partial charge in [-0.25, -0.2) is 0 Å². The summed E-state index contributed by atoms with van der Waals surface area (Å²) in [6, 6.07) is 12.6. The Morgan fingerprint density at radius 1 is 1.11 bits per heavy atom. The molecule has 1 N–H and O–H groups in total. The molecule has 0 heterocycles. The number of ether oxygens (including phenoxy) is 1. The lowest BCUT2D eigenvalue weighted by Crippen LogP contribution is -2.13. The van der Waals surface area contributed by atoms with Crippen molar-refractivity contribution in [2.45, 2.75) is 0 Å². The first-order valence-corrected chi connectivity index (χ1v) is 7.10. The van der Waals surface area contributed by atoms with Crippen LogP contribution in [0, 0.1) is 0 Å². The summed E-state index contributed by atoms with van der Waals surface area (Å²) in [4.78, 5) is 12.2. The van der Waals surface area contributed by atoms with Crippen molar-refractivity contribution >= 4 is 43.5 Å². The van der Waals surface area contributed by atoms with E-state index in [0.29, 0.717) is 17.0 Å². The number of amides is 1. The molecule has 0 spiro atoms. The molecule has 0 bridgehead atoms. The number of methoxy groups -OCH3 is 1. The number of anilines is 1. The lowest BCUT2D eigenvalue weighted by molar-refractivity contribution is 0.102. The molecule has 0 aliphatic rings. The molecule has 0 fully saturated rings. The van der Waals surface area contributed by atoms with E-state index >= 15 is 0 Å². The summed E-state index contributed by atoms with van der Waals surface area (Å²) in [6.45, 7) is 0. The summed E-state index contributed by atoms with van der Waals surface area (Å²) in [5.41, 5.74) is 1.22. The van der Waals surface area contributed by atoms with Gasteiger partial charge in [-0.05, 0) is 62.2 Å². The number of rotatable bonds is 3. The topological polar surface area (TPSA) is 38.3 Å². The predicted octanol–water partition coefficient (Wildman–Crippen LogP) is 4.47. The normalized spacial score (nSPS) is 10.1. The van der Waals surface area contributed by atoms with Crippen LogP contribution in [-0.2, 0) is 0 Å². The van der Waals surface area contributed by atoms with Crippen LogP contribution in [0.3, 0.4) is 0 Å². The van der Waals surface area contributed by atoms with E-state index in [1.165, 1.54) is 0 Å². The van der Waals surface area contributed by atoms with Crippen LogP contribution in [-0.4, -0.2) is 13.0 Å². The van der Waals surface area contributed by atoms with Crippen molar-refractivity contribution in [3.63, 3.8) is 0 Å². The van der Waals surface area contributed by atoms with E-state index in [0.717, 1.165) is 8.95 Å². The fourth-order valence-corrected chi connectivity index (χ4v) is 2.23. The highest BCUT2D eigenvalue weighted by atomic mass is 79.9. The molecule has 98 valence electrons. The van der Waals surface area contributed by atoms with Gasteiger partial charge in [0.2, 0.25) is 0 Å². The molecule has 2 aromatic carbocycles. The summed E-state index contributed by atoms with van der Waals surface area (Å²) in [5.74, 6) is 0.350. The van der Waals surface area contributed by atoms with E-state index in [1.54, 1.807) is 25.3 Å². The fourth-order valence-electron chi connectivity index (χ4n) is 1.60. The summed E-state index contributed by atoms with van der Waals surface area (Å²) < 4.78 is 6.98. The number of benzene rings is 2. The Kier molecular flexibility index (Phi) is 4.61. The van der Waals surface area contributed by atoms with Gasteiger partial charge in [-0.2, -0.15) is 0 Å². The third-order valence-electron chi connectivity index (χ3n) is 2.53. The maximum atomic E-state index is 12.2. The van der Waals surface area contributed by atoms with Crippen LogP contribution in [0.5, 0.6) is 5.75 Å². The first-order valence-electron chi connectivity index (χ1n) is 5.51. The van der Waals surface area contributed by atoms with Gasteiger partial charge in [0.25, 0.3) is 5.91 Å². The van der Waals surface area contributed by atoms with Gasteiger partial charge < -0.3 is 10.1 Å². The Balaban J connectivity index is 2.23. The molecular formula is C14H11Br2NO2. The van der Waals surface area contributed by atoms with Crippen LogP contribution >= 0.6 is 31.9 Å². The maximum Gasteiger partial charge on any atom is 0.259 e. The van der Waals surface area contributed by atoms with Crippen LogP contribution in [0.15, 0.2) is 51.4 Å². The number of nitrogens with one attached hydrogen (secondary N) is 1. The average Bonchev–Trinajstić information content (AvgIpc) is 2.43. The van der Waals surface area contributed by atoms with Gasteiger partial charge in [0, 0.05) is 14.6 Å². The van der Waals surface area contributed by atoms with Crippen LogP contribution in [0.4, 0.5) is 5.69 Å². The largest absolute Gasteiger partial charge is 0.496 e. The highest BCUT2D eigenvalue weighted by Crippen LogP contribution is 2.27. The van der Waals surface area contributed by atoms with Crippen molar-refractivity contribution < 1.29 is 9.53 Å². The lowest BCUT2D eigenvalue weighted by Gasteiger charge is -2.09. The zero-order valence-electron chi connectivity index (χ0n) is 10.1. The molecule has 1 amide bonds. The van der Waals surface area contributed by atoms with E-state index in [9.17, 15) is 4.79 Å². The number of hydrogen-bond donors (Lipinski definition) is 1. The highest BCUT2D eigenvalue weighted by Gasteiger charge is 2.11. The molecule has 0 saturated carbocycles. The predicted molar refractivity (Wildman–Crippen MR) is 82.8 cm³/mol. The number of para-hydroxylation sites is 1. The zero-order valence-corrected chi connectivity index (χ0v) is 13.3. The molecule has 0 saturated heterocycles. The summed E-state index contributed by atoms with van der Waals surface area (Å²) in [5, 5.41) is 2.83. The van der Waals surface area contributed by atoms with E-state index in [2.05, 4.69) is 37.2 Å². The monoisotopic (exact) mass is 383 g/mol. The molecule has 0 aliphatic heterocycles. The quantitative estimate of drug-likeness (QED) is 0.847. The third-order valence-corrected chi connectivity index (χ3v) is 4.41. The minimum atomic E-state index is -0.202. The Morgan fingerprint density at radius 3 is 2.53 bits per heavy atom. The molecule has 2 rings (SSSR count). The molecule has 19 heavy (non-hydrogen) atoms. The Labute approximate surface area is 128 Å². The van der Waals surface area contributed by atoms with E-state index < -0.39 is 0 Å². The van der Waals surface area contributed by atoms with Crippen molar-refractivity contribution in [3.05, 3.63) is 57.0 Å². The van der Waals surface area contributed by atoms with E-state index in [4.69, 9.17) is 4.74 Å². The van der Waals surface area contributed by atoms with Crippen molar-refractivity contribution in [2.24, 2.45) is 0 Å². The summed E-state index contributed by atoms with van der Waals surface area (Å²) in [6.07, 6.45) is 0. The van der Waals surface area contributed by atoms with Crippen LogP contribution in [0.2, 0.25) is 0 Å². The zero-order chi connectivity index (χ0) is 13.8. The SMILES string of the molecule is COc1ccccc1C(=O)Nc1ccc(Br)c(Br)c1. The molecule has 3 nitrogen and oxygen atoms in total. The molecular weight excluding hydrogens is 374 g/mol. The molecule has 0 atom stereocenters. The van der Waals surface area contributed by atoms with Gasteiger partial charge in [-0.1, -0.05) is 12.1 Å². The van der Waals surface area contributed by atoms with E-state index in [-0.39, 0.29) is 5.91 Å². The molecule has 5 heteroatoms. The average molecular weight is 385 g/mol. The molecule has 0 aliphatic carbocycles. The Morgan fingerprint density at radius 2 is 1.84 bits per heavy atom. The van der Waals surface area contributed by atoms with Gasteiger partial charge in [0.15, 0.2) is 0 Å². The van der Waals surface area contributed by atoms with Crippen LogP contribution in [0.1, 0.15) is 10.4 Å². The molecule has 0 aromatic heterocycles. The first-order chi connectivity index (χ1) is 9.11. The molecule has 0 unspecified atom stereocenters. The summed E-state index contributed by atoms with van der Waals surface area (Å²) in [7, 11) is 1.54. The van der Waals surface area contributed by atoms with Crippen molar-refractivity contribution in [1.29, 1.82) is 0 Å². The fraction of sp³-hybridized carbons (Fsp3) is 0.0714. The second-order valence-electron chi connectivity index (χ2n) is 3.78. The Hall–Kier alpha value is -1.33. The smallest absolute Gasteiger partial charge is 0.259 e. The lowest BCUT2D eigenvalue weighted by atomic mass is 10.2. The van der Waals surface area contributed by atoms with Crippen molar-refractivity contribution in [1.82, 2.24) is 0 Å². The number of hydrogen-bond acceptors (Lipinski definition) is 2. The molecule has 2 aromatic rings. The number of carbonyl (C=O) groups is 1. The molecule has 0 radical (unpaired) electrons. The van der Waals surface area contributed by atoms with Crippen molar-refractivity contribution in [2.75, 3.05) is 12.4 Å². The van der Waals surface area contributed by atoms with Crippen LogP contribution in [0.25, 0.3) is 0 Å². The van der Waals surface area contributed by atoms with Gasteiger partial charge >= 0.3 is 0 Å². The second kappa shape index (κ2) is 6.21. The highest BCUT2D eigenvalue weighted by molar-refractivity contribution is 9.13. The number of carbonyl (C=O) groups excluding carboxylic acids is 1. The van der Waals surface area contributed by atoms with Crippen LogP contribution < -0.4 is 10.1 Å². The van der Waals surface area contributed by atoms with Gasteiger partial charge in [0.05, 0.1) is 12.7 Å².